The highest BCUT2D eigenvalue weighted by Gasteiger charge is 2.18. The topological polar surface area (TPSA) is 50.1 Å². The number of carbonyl (C=O) groups is 1. The van der Waals surface area contributed by atoms with E-state index >= 15 is 0 Å². The molecule has 1 unspecified atom stereocenters. The molecule has 0 spiro atoms. The van der Waals surface area contributed by atoms with E-state index in [1.807, 2.05) is 6.07 Å². The Morgan fingerprint density at radius 3 is 3.09 bits per heavy atom. The van der Waals surface area contributed by atoms with Crippen molar-refractivity contribution in [1.29, 1.82) is 5.26 Å². The molecule has 0 saturated carbocycles. The van der Waals surface area contributed by atoms with Crippen LogP contribution >= 0.6 is 0 Å². The van der Waals surface area contributed by atoms with Crippen LogP contribution in [0, 0.1) is 11.3 Å². The molecule has 0 N–H and O–H groups in total. The summed E-state index contributed by atoms with van der Waals surface area (Å²) in [6.07, 6.45) is 2.56. The zero-order valence-electron chi connectivity index (χ0n) is 6.38. The van der Waals surface area contributed by atoms with Crippen molar-refractivity contribution in [2.75, 3.05) is 6.61 Å². The molecule has 1 atom stereocenters. The second kappa shape index (κ2) is 4.09. The Labute approximate surface area is 66.0 Å². The molecule has 0 aliphatic carbocycles. The maximum atomic E-state index is 10.9. The van der Waals surface area contributed by atoms with Gasteiger partial charge in [-0.25, -0.2) is 0 Å². The van der Waals surface area contributed by atoms with Crippen molar-refractivity contribution in [3.63, 3.8) is 0 Å². The number of nitrogens with zero attached hydrogens (tertiary/aromatic N) is 1. The van der Waals surface area contributed by atoms with Gasteiger partial charge >= 0.3 is 0 Å². The van der Waals surface area contributed by atoms with E-state index in [-0.39, 0.29) is 18.3 Å². The van der Waals surface area contributed by atoms with E-state index in [4.69, 9.17) is 10.00 Å². The Bertz CT molecular complexity index is 177. The summed E-state index contributed by atoms with van der Waals surface area (Å²) >= 11 is 0. The minimum atomic E-state index is -0.000556. The van der Waals surface area contributed by atoms with E-state index in [0.717, 1.165) is 19.4 Å². The Balaban J connectivity index is 2.19. The van der Waals surface area contributed by atoms with Gasteiger partial charge < -0.3 is 4.74 Å². The van der Waals surface area contributed by atoms with E-state index in [0.29, 0.717) is 6.42 Å². The lowest BCUT2D eigenvalue weighted by molar-refractivity contribution is -0.120. The van der Waals surface area contributed by atoms with Crippen molar-refractivity contribution in [1.82, 2.24) is 0 Å². The van der Waals surface area contributed by atoms with Crippen molar-refractivity contribution in [3.8, 4) is 6.07 Å². The summed E-state index contributed by atoms with van der Waals surface area (Å²) in [5.41, 5.74) is 0. The first-order chi connectivity index (χ1) is 5.33. The molecule has 1 heterocycles. The quantitative estimate of drug-likeness (QED) is 0.608. The summed E-state index contributed by atoms with van der Waals surface area (Å²) in [7, 11) is 0. The van der Waals surface area contributed by atoms with Gasteiger partial charge in [-0.3, -0.25) is 4.79 Å². The molecule has 1 aliphatic rings. The number of carbonyl (C=O) groups excluding carboxylic acids is 1. The first-order valence-corrected chi connectivity index (χ1v) is 3.83. The standard InChI is InChI=1S/C8H11NO2/c9-4-3-7(10)6-8-2-1-5-11-8/h8H,1-3,5-6H2. The van der Waals surface area contributed by atoms with Crippen LogP contribution in [0.1, 0.15) is 25.7 Å². The molecule has 0 amide bonds. The normalized spacial score (nSPS) is 23.0. The molecule has 1 aliphatic heterocycles. The molecule has 60 valence electrons. The summed E-state index contributed by atoms with van der Waals surface area (Å²) in [5.74, 6) is -0.000556. The molecular formula is C8H11NO2. The average Bonchev–Trinajstić information content (AvgIpc) is 2.40. The molecular weight excluding hydrogens is 142 g/mol. The maximum Gasteiger partial charge on any atom is 0.149 e. The molecule has 3 nitrogen and oxygen atoms in total. The maximum absolute atomic E-state index is 10.9. The molecule has 1 fully saturated rings. The van der Waals surface area contributed by atoms with Crippen molar-refractivity contribution < 1.29 is 9.53 Å². The summed E-state index contributed by atoms with van der Waals surface area (Å²) in [5, 5.41) is 8.20. The Hall–Kier alpha value is -0.880. The lowest BCUT2D eigenvalue weighted by atomic mass is 10.1. The zero-order valence-corrected chi connectivity index (χ0v) is 6.38. The van der Waals surface area contributed by atoms with Crippen molar-refractivity contribution in [3.05, 3.63) is 0 Å². The molecule has 1 rings (SSSR count). The van der Waals surface area contributed by atoms with Crippen LogP contribution in [-0.2, 0) is 9.53 Å². The van der Waals surface area contributed by atoms with E-state index in [1.54, 1.807) is 0 Å². The van der Waals surface area contributed by atoms with Crippen LogP contribution in [0.3, 0.4) is 0 Å². The lowest BCUT2D eigenvalue weighted by Gasteiger charge is -2.04. The highest BCUT2D eigenvalue weighted by atomic mass is 16.5. The fourth-order valence-electron chi connectivity index (χ4n) is 1.22. The highest BCUT2D eigenvalue weighted by Crippen LogP contribution is 2.15. The smallest absolute Gasteiger partial charge is 0.149 e. The van der Waals surface area contributed by atoms with Gasteiger partial charge in [0.05, 0.1) is 18.6 Å². The highest BCUT2D eigenvalue weighted by molar-refractivity contribution is 5.80. The minimum absolute atomic E-state index is 0.000556. The number of nitriles is 1. The monoisotopic (exact) mass is 153 g/mol. The predicted octanol–water partition coefficient (Wildman–Crippen LogP) is 1.04. The molecule has 11 heavy (non-hydrogen) atoms. The van der Waals surface area contributed by atoms with Gasteiger partial charge in [-0.1, -0.05) is 0 Å². The van der Waals surface area contributed by atoms with Crippen LogP contribution in [0.25, 0.3) is 0 Å². The fraction of sp³-hybridized carbons (Fsp3) is 0.750. The third-order valence-electron chi connectivity index (χ3n) is 1.76. The minimum Gasteiger partial charge on any atom is -0.378 e. The summed E-state index contributed by atoms with van der Waals surface area (Å²) in [6.45, 7) is 0.768. The van der Waals surface area contributed by atoms with Crippen LogP contribution in [0.15, 0.2) is 0 Å². The number of ketones is 1. The Morgan fingerprint density at radius 1 is 1.73 bits per heavy atom. The molecule has 1 saturated heterocycles. The van der Waals surface area contributed by atoms with Gasteiger partial charge in [-0.2, -0.15) is 5.26 Å². The van der Waals surface area contributed by atoms with Crippen molar-refractivity contribution in [2.45, 2.75) is 31.8 Å². The molecule has 0 bridgehead atoms. The first kappa shape index (κ1) is 8.22. The van der Waals surface area contributed by atoms with Crippen LogP contribution in [0.2, 0.25) is 0 Å². The van der Waals surface area contributed by atoms with Crippen molar-refractivity contribution in [2.24, 2.45) is 0 Å². The fourth-order valence-corrected chi connectivity index (χ4v) is 1.22. The van der Waals surface area contributed by atoms with Gasteiger partial charge in [0, 0.05) is 13.0 Å². The van der Waals surface area contributed by atoms with Gasteiger partial charge in [0.1, 0.15) is 5.78 Å². The molecule has 0 aromatic heterocycles. The first-order valence-electron chi connectivity index (χ1n) is 3.83. The summed E-state index contributed by atoms with van der Waals surface area (Å²) < 4.78 is 5.24. The average molecular weight is 153 g/mol. The SMILES string of the molecule is N#CCC(=O)CC1CCCO1. The van der Waals surface area contributed by atoms with Crippen molar-refractivity contribution >= 4 is 5.78 Å². The second-order valence-corrected chi connectivity index (χ2v) is 2.71. The third-order valence-corrected chi connectivity index (χ3v) is 1.76. The van der Waals surface area contributed by atoms with E-state index in [9.17, 15) is 4.79 Å². The predicted molar refractivity (Wildman–Crippen MR) is 38.8 cm³/mol. The molecule has 0 aromatic carbocycles. The summed E-state index contributed by atoms with van der Waals surface area (Å²) in [4.78, 5) is 10.9. The van der Waals surface area contributed by atoms with Crippen LogP contribution < -0.4 is 0 Å². The van der Waals surface area contributed by atoms with E-state index in [2.05, 4.69) is 0 Å². The Morgan fingerprint density at radius 2 is 2.55 bits per heavy atom. The number of hydrogen-bond acceptors (Lipinski definition) is 3. The zero-order chi connectivity index (χ0) is 8.10. The molecule has 0 aromatic rings. The van der Waals surface area contributed by atoms with Gasteiger partial charge in [0.25, 0.3) is 0 Å². The second-order valence-electron chi connectivity index (χ2n) is 2.71. The number of rotatable bonds is 3. The summed E-state index contributed by atoms with van der Waals surface area (Å²) in [6, 6.07) is 1.84. The van der Waals surface area contributed by atoms with Crippen LogP contribution in [-0.4, -0.2) is 18.5 Å². The van der Waals surface area contributed by atoms with Crippen LogP contribution in [0.5, 0.6) is 0 Å². The number of Topliss-reactive ketones (excluding diaryl/α,β-unsaturated/α-hetero) is 1. The van der Waals surface area contributed by atoms with Crippen LogP contribution in [0.4, 0.5) is 0 Å². The van der Waals surface area contributed by atoms with Gasteiger partial charge in [-0.05, 0) is 12.8 Å². The molecule has 3 heteroatoms. The van der Waals surface area contributed by atoms with Gasteiger partial charge in [0.2, 0.25) is 0 Å². The molecule has 0 radical (unpaired) electrons. The number of ether oxygens (including phenoxy) is 1. The van der Waals surface area contributed by atoms with E-state index in [1.165, 1.54) is 0 Å². The van der Waals surface area contributed by atoms with E-state index < -0.39 is 0 Å². The van der Waals surface area contributed by atoms with Gasteiger partial charge in [-0.15, -0.1) is 0 Å². The largest absolute Gasteiger partial charge is 0.378 e. The van der Waals surface area contributed by atoms with Gasteiger partial charge in [0.15, 0.2) is 0 Å². The number of hydrogen-bond donors (Lipinski definition) is 0. The Kier molecular flexibility index (Phi) is 3.06. The lowest BCUT2D eigenvalue weighted by Crippen LogP contribution is -2.11. The third kappa shape index (κ3) is 2.69.